The topological polar surface area (TPSA) is 38.8 Å². The van der Waals surface area contributed by atoms with Crippen LogP contribution < -0.4 is 14.4 Å². The van der Waals surface area contributed by atoms with Gasteiger partial charge in [0.1, 0.15) is 0 Å². The zero-order valence-corrected chi connectivity index (χ0v) is 13.9. The van der Waals surface area contributed by atoms with Gasteiger partial charge in [0.15, 0.2) is 11.5 Å². The Balaban J connectivity index is 1.46. The Hall–Kier alpha value is -2.49. The van der Waals surface area contributed by atoms with Crippen LogP contribution in [0.1, 0.15) is 29.5 Å². The van der Waals surface area contributed by atoms with Crippen LogP contribution in [0, 0.1) is 6.92 Å². The number of fused-ring (bicyclic) bond motifs is 2. The highest BCUT2D eigenvalue weighted by Crippen LogP contribution is 2.33. The van der Waals surface area contributed by atoms with Gasteiger partial charge in [-0.25, -0.2) is 0 Å². The molecule has 2 aliphatic rings. The number of benzene rings is 2. The maximum Gasteiger partial charge on any atom is 0.231 e. The summed E-state index contributed by atoms with van der Waals surface area (Å²) in [6.45, 7) is 3.19. The van der Waals surface area contributed by atoms with Crippen LogP contribution in [0.25, 0.3) is 0 Å². The molecule has 0 N–H and O–H groups in total. The van der Waals surface area contributed by atoms with Gasteiger partial charge in [0.2, 0.25) is 12.7 Å². The second-order valence-corrected chi connectivity index (χ2v) is 6.47. The highest BCUT2D eigenvalue weighted by Gasteiger charge is 2.22. The molecule has 0 aromatic heterocycles. The average molecular weight is 323 g/mol. The summed E-state index contributed by atoms with van der Waals surface area (Å²) >= 11 is 0. The van der Waals surface area contributed by atoms with E-state index in [1.54, 1.807) is 0 Å². The first-order chi connectivity index (χ1) is 11.7. The van der Waals surface area contributed by atoms with Crippen LogP contribution in [-0.2, 0) is 17.6 Å². The highest BCUT2D eigenvalue weighted by molar-refractivity contribution is 5.94. The third-order valence-electron chi connectivity index (χ3n) is 4.72. The van der Waals surface area contributed by atoms with Crippen LogP contribution in [0.3, 0.4) is 0 Å². The Morgan fingerprint density at radius 3 is 2.92 bits per heavy atom. The van der Waals surface area contributed by atoms with Gasteiger partial charge < -0.3 is 14.4 Å². The minimum absolute atomic E-state index is 0.192. The van der Waals surface area contributed by atoms with Crippen LogP contribution >= 0.6 is 0 Å². The predicted molar refractivity (Wildman–Crippen MR) is 92.7 cm³/mol. The zero-order valence-electron chi connectivity index (χ0n) is 13.9. The van der Waals surface area contributed by atoms with Gasteiger partial charge in [-0.15, -0.1) is 0 Å². The van der Waals surface area contributed by atoms with Gasteiger partial charge in [0.05, 0.1) is 0 Å². The monoisotopic (exact) mass is 323 g/mol. The van der Waals surface area contributed by atoms with Crippen molar-refractivity contribution in [3.8, 4) is 11.5 Å². The second-order valence-electron chi connectivity index (χ2n) is 6.47. The van der Waals surface area contributed by atoms with Crippen molar-refractivity contribution >= 4 is 11.6 Å². The Kier molecular flexibility index (Phi) is 3.89. The number of carbonyl (C=O) groups is 1. The maximum atomic E-state index is 12.7. The minimum Gasteiger partial charge on any atom is -0.454 e. The van der Waals surface area contributed by atoms with E-state index in [1.807, 2.05) is 23.1 Å². The maximum absolute atomic E-state index is 12.7. The molecule has 0 saturated carbocycles. The van der Waals surface area contributed by atoms with Crippen LogP contribution in [-0.4, -0.2) is 19.2 Å². The summed E-state index contributed by atoms with van der Waals surface area (Å²) in [6, 6.07) is 12.3. The molecule has 0 unspecified atom stereocenters. The second kappa shape index (κ2) is 6.19. The van der Waals surface area contributed by atoms with Gasteiger partial charge >= 0.3 is 0 Å². The number of nitrogens with zero attached hydrogens (tertiary/aromatic N) is 1. The molecule has 0 spiro atoms. The lowest BCUT2D eigenvalue weighted by Crippen LogP contribution is -2.35. The number of anilines is 1. The molecule has 2 heterocycles. The van der Waals surface area contributed by atoms with Crippen molar-refractivity contribution in [3.05, 3.63) is 53.1 Å². The smallest absolute Gasteiger partial charge is 0.231 e. The fraction of sp³-hybridized carbons (Fsp3) is 0.350. The fourth-order valence-corrected chi connectivity index (χ4v) is 3.47. The van der Waals surface area contributed by atoms with Crippen LogP contribution in [0.15, 0.2) is 36.4 Å². The Morgan fingerprint density at radius 1 is 1.12 bits per heavy atom. The lowest BCUT2D eigenvalue weighted by Gasteiger charge is -2.30. The summed E-state index contributed by atoms with van der Waals surface area (Å²) in [5, 5.41) is 0. The summed E-state index contributed by atoms with van der Waals surface area (Å²) in [7, 11) is 0. The van der Waals surface area contributed by atoms with E-state index >= 15 is 0 Å². The van der Waals surface area contributed by atoms with Crippen LogP contribution in [0.5, 0.6) is 11.5 Å². The number of amides is 1. The fourth-order valence-electron chi connectivity index (χ4n) is 3.47. The summed E-state index contributed by atoms with van der Waals surface area (Å²) in [4.78, 5) is 14.7. The number of hydrogen-bond acceptors (Lipinski definition) is 3. The quantitative estimate of drug-likeness (QED) is 0.866. The van der Waals surface area contributed by atoms with Crippen molar-refractivity contribution in [2.45, 2.75) is 32.6 Å². The van der Waals surface area contributed by atoms with E-state index in [1.165, 1.54) is 11.1 Å². The summed E-state index contributed by atoms with van der Waals surface area (Å²) in [5.41, 5.74) is 4.73. The largest absolute Gasteiger partial charge is 0.454 e. The normalized spacial score (nSPS) is 15.3. The average Bonchev–Trinajstić information content (AvgIpc) is 3.06. The molecular weight excluding hydrogens is 302 g/mol. The van der Waals surface area contributed by atoms with Crippen molar-refractivity contribution in [2.24, 2.45) is 0 Å². The molecule has 2 aliphatic heterocycles. The molecule has 0 bridgehead atoms. The molecule has 0 atom stereocenters. The number of carbonyl (C=O) groups excluding carboxylic acids is 1. The molecule has 4 heteroatoms. The molecule has 4 nitrogen and oxygen atoms in total. The SMILES string of the molecule is Cc1ccc2c(c1)CCCN2C(=O)CCc1ccc2c(c1)OCO2. The third kappa shape index (κ3) is 2.84. The third-order valence-corrected chi connectivity index (χ3v) is 4.72. The van der Waals surface area contributed by atoms with Crippen LogP contribution in [0.2, 0.25) is 0 Å². The van der Waals surface area contributed by atoms with E-state index < -0.39 is 0 Å². The molecule has 0 radical (unpaired) electrons. The summed E-state index contributed by atoms with van der Waals surface area (Å²) in [5.74, 6) is 1.75. The van der Waals surface area contributed by atoms with Gasteiger partial charge in [-0.3, -0.25) is 4.79 Å². The van der Waals surface area contributed by atoms with Gasteiger partial charge in [-0.1, -0.05) is 23.8 Å². The highest BCUT2D eigenvalue weighted by atomic mass is 16.7. The number of ether oxygens (including phenoxy) is 2. The van der Waals surface area contributed by atoms with E-state index in [9.17, 15) is 4.79 Å². The molecule has 4 rings (SSSR count). The summed E-state index contributed by atoms with van der Waals surface area (Å²) in [6.07, 6.45) is 3.31. The minimum atomic E-state index is 0.192. The zero-order chi connectivity index (χ0) is 16.5. The lowest BCUT2D eigenvalue weighted by atomic mass is 9.99. The molecule has 0 saturated heterocycles. The van der Waals surface area contributed by atoms with E-state index in [0.717, 1.165) is 42.1 Å². The van der Waals surface area contributed by atoms with Crippen molar-refractivity contribution in [3.63, 3.8) is 0 Å². The first-order valence-corrected chi connectivity index (χ1v) is 8.49. The predicted octanol–water partition coefficient (Wildman–Crippen LogP) is 3.64. The molecule has 2 aromatic carbocycles. The molecular formula is C20H21NO3. The van der Waals surface area contributed by atoms with Gasteiger partial charge in [-0.05, 0) is 55.5 Å². The Labute approximate surface area is 142 Å². The van der Waals surface area contributed by atoms with E-state index in [2.05, 4.69) is 25.1 Å². The van der Waals surface area contributed by atoms with E-state index in [0.29, 0.717) is 12.8 Å². The van der Waals surface area contributed by atoms with E-state index in [-0.39, 0.29) is 12.7 Å². The molecule has 1 amide bonds. The first kappa shape index (κ1) is 15.1. The summed E-state index contributed by atoms with van der Waals surface area (Å²) < 4.78 is 10.7. The van der Waals surface area contributed by atoms with Crippen molar-refractivity contribution < 1.29 is 14.3 Å². The molecule has 24 heavy (non-hydrogen) atoms. The molecule has 124 valence electrons. The lowest BCUT2D eigenvalue weighted by molar-refractivity contribution is -0.118. The molecule has 2 aromatic rings. The van der Waals surface area contributed by atoms with Crippen molar-refractivity contribution in [2.75, 3.05) is 18.2 Å². The Morgan fingerprint density at radius 2 is 2.00 bits per heavy atom. The van der Waals surface area contributed by atoms with Gasteiger partial charge in [-0.2, -0.15) is 0 Å². The van der Waals surface area contributed by atoms with Gasteiger partial charge in [0.25, 0.3) is 0 Å². The van der Waals surface area contributed by atoms with Crippen LogP contribution in [0.4, 0.5) is 5.69 Å². The number of hydrogen-bond donors (Lipinski definition) is 0. The molecule has 0 fully saturated rings. The van der Waals surface area contributed by atoms with Crippen molar-refractivity contribution in [1.82, 2.24) is 0 Å². The number of rotatable bonds is 3. The van der Waals surface area contributed by atoms with Gasteiger partial charge in [0, 0.05) is 18.7 Å². The van der Waals surface area contributed by atoms with E-state index in [4.69, 9.17) is 9.47 Å². The standard InChI is InChI=1S/C20H21NO3/c1-14-4-7-17-16(11-14)3-2-10-21(17)20(22)9-6-15-5-8-18-19(12-15)24-13-23-18/h4-5,7-8,11-12H,2-3,6,9-10,13H2,1H3. The Bertz CT molecular complexity index is 784. The van der Waals surface area contributed by atoms with Crippen molar-refractivity contribution in [1.29, 1.82) is 0 Å². The number of aryl methyl sites for hydroxylation is 3. The molecule has 0 aliphatic carbocycles. The first-order valence-electron chi connectivity index (χ1n) is 8.49.